The van der Waals surface area contributed by atoms with Gasteiger partial charge in [0.15, 0.2) is 0 Å². The van der Waals surface area contributed by atoms with E-state index in [1.54, 1.807) is 23.1 Å². The molecule has 0 saturated heterocycles. The number of hydrogen-bond acceptors (Lipinski definition) is 2. The topological polar surface area (TPSA) is 40.6 Å². The number of anilines is 1. The van der Waals surface area contributed by atoms with Crippen LogP contribution in [0.3, 0.4) is 0 Å². The zero-order valence-electron chi connectivity index (χ0n) is 14.9. The van der Waals surface area contributed by atoms with Gasteiger partial charge in [-0.15, -0.1) is 0 Å². The number of benzene rings is 2. The predicted octanol–water partition coefficient (Wildman–Crippen LogP) is 4.79. The first kappa shape index (κ1) is 20.3. The van der Waals surface area contributed by atoms with Crippen molar-refractivity contribution in [2.24, 2.45) is 0 Å². The summed E-state index contributed by atoms with van der Waals surface area (Å²) in [6.45, 7) is 4.74. The van der Waals surface area contributed by atoms with Gasteiger partial charge in [0.05, 0.1) is 15.7 Å². The van der Waals surface area contributed by atoms with Crippen LogP contribution in [-0.4, -0.2) is 29.8 Å². The molecule has 0 aromatic heterocycles. The maximum Gasteiger partial charge on any atom is 0.224 e. The third kappa shape index (κ3) is 5.23. The molecule has 0 fully saturated rings. The summed E-state index contributed by atoms with van der Waals surface area (Å²) in [5.41, 5.74) is 1.52. The number of para-hydroxylation sites is 1. The molecule has 0 N–H and O–H groups in total. The van der Waals surface area contributed by atoms with Crippen molar-refractivity contribution < 1.29 is 9.59 Å². The highest BCUT2D eigenvalue weighted by Crippen LogP contribution is 2.33. The highest BCUT2D eigenvalue weighted by Gasteiger charge is 2.20. The Morgan fingerprint density at radius 3 is 2.12 bits per heavy atom. The van der Waals surface area contributed by atoms with Crippen LogP contribution in [-0.2, 0) is 16.1 Å². The SMILES string of the molecule is CCN(Cc1ccccc1)C(=O)CCN(C(C)=O)c1c(Cl)cccc1Cl. The third-order valence-corrected chi connectivity index (χ3v) is 4.70. The van der Waals surface area contributed by atoms with Crippen LogP contribution in [0.4, 0.5) is 5.69 Å². The van der Waals surface area contributed by atoms with Crippen molar-refractivity contribution in [3.05, 3.63) is 64.1 Å². The van der Waals surface area contributed by atoms with Crippen LogP contribution in [0, 0.1) is 0 Å². The summed E-state index contributed by atoms with van der Waals surface area (Å²) in [7, 11) is 0. The van der Waals surface area contributed by atoms with Crippen molar-refractivity contribution in [2.75, 3.05) is 18.0 Å². The van der Waals surface area contributed by atoms with Crippen LogP contribution in [0.1, 0.15) is 25.8 Å². The Morgan fingerprint density at radius 1 is 0.962 bits per heavy atom. The summed E-state index contributed by atoms with van der Waals surface area (Å²) < 4.78 is 0. The lowest BCUT2D eigenvalue weighted by Gasteiger charge is -2.26. The summed E-state index contributed by atoms with van der Waals surface area (Å²) in [4.78, 5) is 27.9. The first-order chi connectivity index (χ1) is 12.4. The van der Waals surface area contributed by atoms with E-state index in [2.05, 4.69) is 0 Å². The Kier molecular flexibility index (Phi) is 7.49. The monoisotopic (exact) mass is 392 g/mol. The van der Waals surface area contributed by atoms with E-state index in [9.17, 15) is 9.59 Å². The number of halogens is 2. The number of carbonyl (C=O) groups is 2. The molecule has 2 amide bonds. The number of amides is 2. The molecular formula is C20H22Cl2N2O2. The lowest BCUT2D eigenvalue weighted by molar-refractivity contribution is -0.131. The average molecular weight is 393 g/mol. The lowest BCUT2D eigenvalue weighted by Crippen LogP contribution is -2.36. The largest absolute Gasteiger partial charge is 0.339 e. The lowest BCUT2D eigenvalue weighted by atomic mass is 10.2. The maximum absolute atomic E-state index is 12.6. The molecule has 0 aliphatic carbocycles. The molecule has 138 valence electrons. The molecule has 0 atom stereocenters. The minimum atomic E-state index is -0.209. The van der Waals surface area contributed by atoms with E-state index >= 15 is 0 Å². The van der Waals surface area contributed by atoms with Crippen molar-refractivity contribution in [1.29, 1.82) is 0 Å². The molecule has 0 unspecified atom stereocenters. The molecular weight excluding hydrogens is 371 g/mol. The van der Waals surface area contributed by atoms with Crippen LogP contribution in [0.2, 0.25) is 10.0 Å². The van der Waals surface area contributed by atoms with Crippen LogP contribution < -0.4 is 4.90 Å². The Labute approximate surface area is 164 Å². The van der Waals surface area contributed by atoms with E-state index in [0.29, 0.717) is 28.8 Å². The maximum atomic E-state index is 12.6. The molecule has 26 heavy (non-hydrogen) atoms. The molecule has 0 radical (unpaired) electrons. The Balaban J connectivity index is 2.08. The molecule has 0 aliphatic rings. The summed E-state index contributed by atoms with van der Waals surface area (Å²) in [5, 5.41) is 0.772. The second kappa shape index (κ2) is 9.60. The van der Waals surface area contributed by atoms with Gasteiger partial charge in [0, 0.05) is 33.0 Å². The molecule has 0 bridgehead atoms. The van der Waals surface area contributed by atoms with Gasteiger partial charge in [-0.1, -0.05) is 59.6 Å². The summed E-state index contributed by atoms with van der Waals surface area (Å²) in [6.07, 6.45) is 0.196. The number of rotatable bonds is 7. The number of hydrogen-bond donors (Lipinski definition) is 0. The van der Waals surface area contributed by atoms with Crippen molar-refractivity contribution in [1.82, 2.24) is 4.90 Å². The van der Waals surface area contributed by atoms with Gasteiger partial charge < -0.3 is 9.80 Å². The van der Waals surface area contributed by atoms with Gasteiger partial charge in [0.1, 0.15) is 0 Å². The Bertz CT molecular complexity index is 745. The van der Waals surface area contributed by atoms with Gasteiger partial charge in [0.2, 0.25) is 11.8 Å². The quantitative estimate of drug-likeness (QED) is 0.679. The molecule has 2 rings (SSSR count). The van der Waals surface area contributed by atoms with Gasteiger partial charge in [-0.25, -0.2) is 0 Å². The summed E-state index contributed by atoms with van der Waals surface area (Å²) >= 11 is 12.4. The highest BCUT2D eigenvalue weighted by atomic mass is 35.5. The number of nitrogens with zero attached hydrogens (tertiary/aromatic N) is 2. The molecule has 0 spiro atoms. The fraction of sp³-hybridized carbons (Fsp3) is 0.300. The summed E-state index contributed by atoms with van der Waals surface area (Å²) in [6, 6.07) is 14.9. The smallest absolute Gasteiger partial charge is 0.224 e. The molecule has 0 heterocycles. The average Bonchev–Trinajstić information content (AvgIpc) is 2.62. The first-order valence-corrected chi connectivity index (χ1v) is 9.23. The Morgan fingerprint density at radius 2 is 1.58 bits per heavy atom. The van der Waals surface area contributed by atoms with Gasteiger partial charge in [-0.2, -0.15) is 0 Å². The van der Waals surface area contributed by atoms with E-state index in [4.69, 9.17) is 23.2 Å². The van der Waals surface area contributed by atoms with Crippen molar-refractivity contribution >= 4 is 40.7 Å². The molecule has 6 heteroatoms. The van der Waals surface area contributed by atoms with Crippen LogP contribution >= 0.6 is 23.2 Å². The fourth-order valence-corrected chi connectivity index (χ4v) is 3.32. The van der Waals surface area contributed by atoms with E-state index in [0.717, 1.165) is 5.56 Å². The fourth-order valence-electron chi connectivity index (χ4n) is 2.72. The molecule has 0 saturated carbocycles. The Hall–Kier alpha value is -2.04. The zero-order valence-corrected chi connectivity index (χ0v) is 16.4. The van der Waals surface area contributed by atoms with Crippen molar-refractivity contribution in [2.45, 2.75) is 26.8 Å². The zero-order chi connectivity index (χ0) is 19.1. The van der Waals surface area contributed by atoms with E-state index in [-0.39, 0.29) is 24.8 Å². The van der Waals surface area contributed by atoms with E-state index in [1.165, 1.54) is 11.8 Å². The molecule has 2 aromatic carbocycles. The standard InChI is InChI=1S/C20H22Cl2N2O2/c1-3-23(14-16-8-5-4-6-9-16)19(26)12-13-24(15(2)25)20-17(21)10-7-11-18(20)22/h4-11H,3,12-14H2,1-2H3. The van der Waals surface area contributed by atoms with Gasteiger partial charge >= 0.3 is 0 Å². The predicted molar refractivity (Wildman–Crippen MR) is 107 cm³/mol. The van der Waals surface area contributed by atoms with Crippen molar-refractivity contribution in [3.8, 4) is 0 Å². The van der Waals surface area contributed by atoms with Gasteiger partial charge in [-0.05, 0) is 24.6 Å². The number of carbonyl (C=O) groups excluding carboxylic acids is 2. The normalized spacial score (nSPS) is 10.5. The van der Waals surface area contributed by atoms with E-state index in [1.807, 2.05) is 37.3 Å². The minimum Gasteiger partial charge on any atom is -0.339 e. The first-order valence-electron chi connectivity index (χ1n) is 8.47. The third-order valence-electron chi connectivity index (χ3n) is 4.09. The summed E-state index contributed by atoms with van der Waals surface area (Å²) in [5.74, 6) is -0.232. The van der Waals surface area contributed by atoms with Gasteiger partial charge in [-0.3, -0.25) is 9.59 Å². The molecule has 0 aliphatic heterocycles. The minimum absolute atomic E-state index is 0.0224. The second-order valence-electron chi connectivity index (χ2n) is 5.88. The van der Waals surface area contributed by atoms with Crippen LogP contribution in [0.25, 0.3) is 0 Å². The second-order valence-corrected chi connectivity index (χ2v) is 6.70. The van der Waals surface area contributed by atoms with E-state index < -0.39 is 0 Å². The molecule has 2 aromatic rings. The van der Waals surface area contributed by atoms with Crippen molar-refractivity contribution in [3.63, 3.8) is 0 Å². The molecule has 4 nitrogen and oxygen atoms in total. The van der Waals surface area contributed by atoms with Crippen LogP contribution in [0.5, 0.6) is 0 Å². The van der Waals surface area contributed by atoms with Gasteiger partial charge in [0.25, 0.3) is 0 Å². The highest BCUT2D eigenvalue weighted by molar-refractivity contribution is 6.39. The van der Waals surface area contributed by atoms with Crippen LogP contribution in [0.15, 0.2) is 48.5 Å².